The molecule has 5 heteroatoms. The Labute approximate surface area is 117 Å². The summed E-state index contributed by atoms with van der Waals surface area (Å²) in [6, 6.07) is 7.70. The van der Waals surface area contributed by atoms with Gasteiger partial charge in [0.05, 0.1) is 12.4 Å². The lowest BCUT2D eigenvalue weighted by atomic mass is 9.87. The Morgan fingerprint density at radius 3 is 2.20 bits per heavy atom. The summed E-state index contributed by atoms with van der Waals surface area (Å²) in [6.07, 6.45) is 2.46. The number of ether oxygens (including phenoxy) is 1. The van der Waals surface area contributed by atoms with Crippen molar-refractivity contribution >= 4 is 5.97 Å². The molecule has 0 aliphatic carbocycles. The molecule has 0 unspecified atom stereocenters. The van der Waals surface area contributed by atoms with Gasteiger partial charge in [-0.2, -0.15) is 0 Å². The van der Waals surface area contributed by atoms with E-state index in [0.29, 0.717) is 5.75 Å². The summed E-state index contributed by atoms with van der Waals surface area (Å²) < 4.78 is 5.51. The molecule has 1 aromatic carbocycles. The molecule has 20 heavy (non-hydrogen) atoms. The number of nitrogens with zero attached hydrogens (tertiary/aromatic N) is 2. The van der Waals surface area contributed by atoms with Crippen LogP contribution in [0.5, 0.6) is 11.6 Å². The number of benzene rings is 1. The van der Waals surface area contributed by atoms with Gasteiger partial charge in [0, 0.05) is 0 Å². The highest BCUT2D eigenvalue weighted by atomic mass is 16.5. The van der Waals surface area contributed by atoms with Gasteiger partial charge in [-0.1, -0.05) is 32.9 Å². The number of carbonyl (C=O) groups is 1. The monoisotopic (exact) mass is 272 g/mol. The van der Waals surface area contributed by atoms with E-state index in [1.165, 1.54) is 18.0 Å². The van der Waals surface area contributed by atoms with Crippen LogP contribution in [0.3, 0.4) is 0 Å². The maximum absolute atomic E-state index is 10.7. The van der Waals surface area contributed by atoms with E-state index >= 15 is 0 Å². The first-order valence-electron chi connectivity index (χ1n) is 6.20. The van der Waals surface area contributed by atoms with Crippen molar-refractivity contribution in [1.29, 1.82) is 0 Å². The van der Waals surface area contributed by atoms with Crippen LogP contribution in [-0.4, -0.2) is 21.0 Å². The zero-order valence-electron chi connectivity index (χ0n) is 11.6. The number of aromatic carboxylic acids is 1. The topological polar surface area (TPSA) is 72.3 Å². The summed E-state index contributed by atoms with van der Waals surface area (Å²) in [4.78, 5) is 18.3. The molecule has 0 fully saturated rings. The van der Waals surface area contributed by atoms with Crippen LogP contribution in [0.1, 0.15) is 36.8 Å². The minimum Gasteiger partial charge on any atom is -0.476 e. The van der Waals surface area contributed by atoms with Crippen molar-refractivity contribution in [3.63, 3.8) is 0 Å². The van der Waals surface area contributed by atoms with Gasteiger partial charge in [0.15, 0.2) is 5.69 Å². The van der Waals surface area contributed by atoms with Gasteiger partial charge < -0.3 is 9.84 Å². The third-order valence-corrected chi connectivity index (χ3v) is 2.79. The fourth-order valence-corrected chi connectivity index (χ4v) is 1.62. The summed E-state index contributed by atoms with van der Waals surface area (Å²) in [6.45, 7) is 6.41. The van der Waals surface area contributed by atoms with Crippen molar-refractivity contribution in [3.8, 4) is 11.6 Å². The van der Waals surface area contributed by atoms with Crippen LogP contribution in [0.25, 0.3) is 0 Å². The standard InChI is InChI=1S/C15H16N2O3/c1-15(2,3)10-4-6-11(7-5-10)20-13-9-16-12(8-17-13)14(18)19/h4-9H,1-3H3,(H,18,19). The summed E-state index contributed by atoms with van der Waals surface area (Å²) >= 11 is 0. The predicted molar refractivity (Wildman–Crippen MR) is 74.2 cm³/mol. The molecule has 0 bridgehead atoms. The zero-order chi connectivity index (χ0) is 14.8. The van der Waals surface area contributed by atoms with Crippen LogP contribution in [0.2, 0.25) is 0 Å². The zero-order valence-corrected chi connectivity index (χ0v) is 11.6. The van der Waals surface area contributed by atoms with Gasteiger partial charge >= 0.3 is 5.97 Å². The second-order valence-electron chi connectivity index (χ2n) is 5.42. The average molecular weight is 272 g/mol. The largest absolute Gasteiger partial charge is 0.476 e. The molecule has 104 valence electrons. The summed E-state index contributed by atoms with van der Waals surface area (Å²) in [5, 5.41) is 8.73. The molecule has 1 N–H and O–H groups in total. The van der Waals surface area contributed by atoms with Gasteiger partial charge in [-0.15, -0.1) is 0 Å². The van der Waals surface area contributed by atoms with E-state index in [0.717, 1.165) is 0 Å². The highest BCUT2D eigenvalue weighted by Gasteiger charge is 2.13. The van der Waals surface area contributed by atoms with E-state index in [2.05, 4.69) is 30.7 Å². The molecule has 0 aliphatic rings. The molecule has 1 heterocycles. The SMILES string of the molecule is CC(C)(C)c1ccc(Oc2cnc(C(=O)O)cn2)cc1. The van der Waals surface area contributed by atoms with Crippen molar-refractivity contribution in [1.82, 2.24) is 9.97 Å². The molecular formula is C15H16N2O3. The summed E-state index contributed by atoms with van der Waals surface area (Å²) in [5.74, 6) is -0.215. The predicted octanol–water partition coefficient (Wildman–Crippen LogP) is 3.26. The third kappa shape index (κ3) is 3.32. The number of hydrogen-bond acceptors (Lipinski definition) is 4. The molecule has 5 nitrogen and oxygen atoms in total. The van der Waals surface area contributed by atoms with E-state index in [1.54, 1.807) is 0 Å². The van der Waals surface area contributed by atoms with E-state index in [9.17, 15) is 4.79 Å². The van der Waals surface area contributed by atoms with Crippen molar-refractivity contribution in [2.45, 2.75) is 26.2 Å². The molecule has 0 saturated heterocycles. The third-order valence-electron chi connectivity index (χ3n) is 2.79. The molecular weight excluding hydrogens is 256 g/mol. The number of hydrogen-bond donors (Lipinski definition) is 1. The number of carboxylic acids is 1. The Morgan fingerprint density at radius 1 is 1.10 bits per heavy atom. The van der Waals surface area contributed by atoms with Crippen LogP contribution in [-0.2, 0) is 5.41 Å². The van der Waals surface area contributed by atoms with Crippen LogP contribution in [0.15, 0.2) is 36.7 Å². The highest BCUT2D eigenvalue weighted by Crippen LogP contribution is 2.25. The molecule has 0 saturated carbocycles. The molecule has 0 spiro atoms. The number of aromatic nitrogens is 2. The average Bonchev–Trinajstić information content (AvgIpc) is 2.39. The van der Waals surface area contributed by atoms with Gasteiger partial charge in [-0.05, 0) is 23.1 Å². The Balaban J connectivity index is 2.12. The first-order chi connectivity index (χ1) is 9.36. The van der Waals surface area contributed by atoms with Crippen LogP contribution in [0.4, 0.5) is 0 Å². The second kappa shape index (κ2) is 5.28. The Bertz CT molecular complexity index is 599. The minimum atomic E-state index is -1.11. The molecule has 2 aromatic rings. The fourth-order valence-electron chi connectivity index (χ4n) is 1.62. The van der Waals surface area contributed by atoms with E-state index < -0.39 is 5.97 Å². The minimum absolute atomic E-state index is 0.0848. The quantitative estimate of drug-likeness (QED) is 0.928. The summed E-state index contributed by atoms with van der Waals surface area (Å²) in [7, 11) is 0. The molecule has 1 aromatic heterocycles. The highest BCUT2D eigenvalue weighted by molar-refractivity contribution is 5.84. The lowest BCUT2D eigenvalue weighted by molar-refractivity contribution is 0.0690. The number of rotatable bonds is 3. The Morgan fingerprint density at radius 2 is 1.75 bits per heavy atom. The maximum atomic E-state index is 10.7. The van der Waals surface area contributed by atoms with Gasteiger partial charge in [0.1, 0.15) is 5.75 Å². The number of carboxylic acid groups (broad SMARTS) is 1. The molecule has 0 radical (unpaired) electrons. The molecule has 2 rings (SSSR count). The van der Waals surface area contributed by atoms with Crippen molar-refractivity contribution in [2.24, 2.45) is 0 Å². The fraction of sp³-hybridized carbons (Fsp3) is 0.267. The molecule has 0 amide bonds. The lowest BCUT2D eigenvalue weighted by Crippen LogP contribution is -2.10. The van der Waals surface area contributed by atoms with Crippen LogP contribution < -0.4 is 4.74 Å². The van der Waals surface area contributed by atoms with E-state index in [-0.39, 0.29) is 17.0 Å². The van der Waals surface area contributed by atoms with E-state index in [1.807, 2.05) is 24.3 Å². The first-order valence-corrected chi connectivity index (χ1v) is 6.20. The van der Waals surface area contributed by atoms with E-state index in [4.69, 9.17) is 9.84 Å². The van der Waals surface area contributed by atoms with Crippen molar-refractivity contribution in [3.05, 3.63) is 47.9 Å². The first kappa shape index (κ1) is 14.0. The van der Waals surface area contributed by atoms with Gasteiger partial charge in [0.25, 0.3) is 0 Å². The van der Waals surface area contributed by atoms with Crippen molar-refractivity contribution < 1.29 is 14.6 Å². The molecule has 0 atom stereocenters. The summed E-state index contributed by atoms with van der Waals surface area (Å²) in [5.41, 5.74) is 1.18. The van der Waals surface area contributed by atoms with Gasteiger partial charge in [-0.25, -0.2) is 14.8 Å². The van der Waals surface area contributed by atoms with Crippen LogP contribution in [0, 0.1) is 0 Å². The smallest absolute Gasteiger partial charge is 0.356 e. The normalized spacial score (nSPS) is 11.2. The van der Waals surface area contributed by atoms with Gasteiger partial charge in [0.2, 0.25) is 5.88 Å². The maximum Gasteiger partial charge on any atom is 0.356 e. The lowest BCUT2D eigenvalue weighted by Gasteiger charge is -2.19. The second-order valence-corrected chi connectivity index (χ2v) is 5.42. The molecule has 0 aliphatic heterocycles. The van der Waals surface area contributed by atoms with Crippen LogP contribution >= 0.6 is 0 Å². The van der Waals surface area contributed by atoms with Gasteiger partial charge in [-0.3, -0.25) is 0 Å². The Kier molecular flexibility index (Phi) is 3.70. The Hall–Kier alpha value is -2.43. The van der Waals surface area contributed by atoms with Crippen molar-refractivity contribution in [2.75, 3.05) is 0 Å².